The number of nitrogens with zero attached hydrogens (tertiary/aromatic N) is 3. The molecule has 2 rings (SSSR count). The summed E-state index contributed by atoms with van der Waals surface area (Å²) in [4.78, 5) is 41.1. The second-order valence-electron chi connectivity index (χ2n) is 5.76. The SMILES string of the molecule is CSCc1nc2ccccc2n1CC(=O)OCC(=O)NCC(=O)N(C)C. The molecule has 0 aliphatic carbocycles. The number of carbonyl (C=O) groups is 3. The normalized spacial score (nSPS) is 10.6. The smallest absolute Gasteiger partial charge is 0.326 e. The van der Waals surface area contributed by atoms with Crippen LogP contribution in [0.5, 0.6) is 0 Å². The lowest BCUT2D eigenvalue weighted by atomic mass is 10.3. The fourth-order valence-electron chi connectivity index (χ4n) is 2.25. The van der Waals surface area contributed by atoms with E-state index in [0.29, 0.717) is 5.75 Å². The molecule has 0 fully saturated rings. The minimum absolute atomic E-state index is 0.0275. The van der Waals surface area contributed by atoms with E-state index >= 15 is 0 Å². The number of ether oxygens (including phenoxy) is 1. The van der Waals surface area contributed by atoms with Crippen molar-refractivity contribution in [2.45, 2.75) is 12.3 Å². The number of para-hydroxylation sites is 2. The van der Waals surface area contributed by atoms with Gasteiger partial charge < -0.3 is 19.5 Å². The number of benzene rings is 1. The molecular weight excluding hydrogens is 356 g/mol. The Morgan fingerprint density at radius 3 is 2.69 bits per heavy atom. The first kappa shape index (κ1) is 19.8. The molecule has 9 heteroatoms. The zero-order valence-corrected chi connectivity index (χ0v) is 15.8. The van der Waals surface area contributed by atoms with Crippen LogP contribution in [0.1, 0.15) is 5.82 Å². The standard InChI is InChI=1S/C17H22N4O4S/c1-20(2)16(23)8-18-15(22)10-25-17(24)9-21-13-7-5-4-6-12(13)19-14(21)11-26-3/h4-7H,8-11H2,1-3H3,(H,18,22). The maximum absolute atomic E-state index is 12.1. The van der Waals surface area contributed by atoms with Gasteiger partial charge in [0.2, 0.25) is 5.91 Å². The lowest BCUT2D eigenvalue weighted by molar-refractivity contribution is -0.149. The highest BCUT2D eigenvalue weighted by molar-refractivity contribution is 7.97. The minimum Gasteiger partial charge on any atom is -0.454 e. The molecule has 0 radical (unpaired) electrons. The van der Waals surface area contributed by atoms with Crippen LogP contribution >= 0.6 is 11.8 Å². The van der Waals surface area contributed by atoms with Gasteiger partial charge in [0.1, 0.15) is 12.4 Å². The Balaban J connectivity index is 1.93. The van der Waals surface area contributed by atoms with Crippen molar-refractivity contribution in [2.75, 3.05) is 33.5 Å². The molecule has 1 aromatic heterocycles. The van der Waals surface area contributed by atoms with E-state index in [9.17, 15) is 14.4 Å². The van der Waals surface area contributed by atoms with Crippen LogP contribution in [0, 0.1) is 0 Å². The molecule has 0 spiro atoms. The fraction of sp³-hybridized carbons (Fsp3) is 0.412. The van der Waals surface area contributed by atoms with Crippen molar-refractivity contribution in [1.82, 2.24) is 19.8 Å². The quantitative estimate of drug-likeness (QED) is 0.678. The maximum atomic E-state index is 12.1. The number of hydrogen-bond acceptors (Lipinski definition) is 6. The number of thioether (sulfide) groups is 1. The Bertz CT molecular complexity index is 803. The molecule has 2 amide bonds. The predicted molar refractivity (Wildman–Crippen MR) is 99.6 cm³/mol. The number of fused-ring (bicyclic) bond motifs is 1. The summed E-state index contributed by atoms with van der Waals surface area (Å²) in [6, 6.07) is 7.54. The Kier molecular flexibility index (Phi) is 7.02. The van der Waals surface area contributed by atoms with E-state index in [2.05, 4.69) is 10.3 Å². The molecule has 0 bridgehead atoms. The number of esters is 1. The van der Waals surface area contributed by atoms with Crippen molar-refractivity contribution >= 4 is 40.6 Å². The Morgan fingerprint density at radius 2 is 2.00 bits per heavy atom. The molecule has 140 valence electrons. The summed E-state index contributed by atoms with van der Waals surface area (Å²) in [5.41, 5.74) is 1.65. The van der Waals surface area contributed by atoms with E-state index in [0.717, 1.165) is 16.9 Å². The summed E-state index contributed by atoms with van der Waals surface area (Å²) in [6.07, 6.45) is 1.96. The highest BCUT2D eigenvalue weighted by Crippen LogP contribution is 2.19. The number of likely N-dealkylation sites (N-methyl/N-ethyl adjacent to an activating group) is 1. The third-order valence-electron chi connectivity index (χ3n) is 3.59. The molecule has 1 heterocycles. The third-order valence-corrected chi connectivity index (χ3v) is 4.14. The topological polar surface area (TPSA) is 93.5 Å². The third kappa shape index (κ3) is 5.22. The van der Waals surface area contributed by atoms with Crippen LogP contribution in [-0.4, -0.2) is 65.7 Å². The highest BCUT2D eigenvalue weighted by atomic mass is 32.2. The van der Waals surface area contributed by atoms with Crippen LogP contribution < -0.4 is 5.32 Å². The summed E-state index contributed by atoms with van der Waals surface area (Å²) in [7, 11) is 3.19. The van der Waals surface area contributed by atoms with Crippen LogP contribution in [-0.2, 0) is 31.4 Å². The number of imidazole rings is 1. The van der Waals surface area contributed by atoms with Crippen molar-refractivity contribution in [2.24, 2.45) is 0 Å². The van der Waals surface area contributed by atoms with Gasteiger partial charge in [-0.2, -0.15) is 11.8 Å². The number of carbonyl (C=O) groups excluding carboxylic acids is 3. The molecular formula is C17H22N4O4S. The lowest BCUT2D eigenvalue weighted by Gasteiger charge is -2.11. The van der Waals surface area contributed by atoms with E-state index in [-0.39, 0.29) is 19.0 Å². The number of aromatic nitrogens is 2. The number of amides is 2. The van der Waals surface area contributed by atoms with Gasteiger partial charge in [-0.15, -0.1) is 0 Å². The van der Waals surface area contributed by atoms with Crippen molar-refractivity contribution in [3.63, 3.8) is 0 Å². The number of hydrogen-bond donors (Lipinski definition) is 1. The molecule has 1 N–H and O–H groups in total. The first-order chi connectivity index (χ1) is 12.4. The molecule has 0 saturated carbocycles. The second kappa shape index (κ2) is 9.23. The molecule has 0 atom stereocenters. The van der Waals surface area contributed by atoms with Gasteiger partial charge in [-0.3, -0.25) is 14.4 Å². The Morgan fingerprint density at radius 1 is 1.27 bits per heavy atom. The van der Waals surface area contributed by atoms with Crippen molar-refractivity contribution < 1.29 is 19.1 Å². The summed E-state index contributed by atoms with van der Waals surface area (Å²) >= 11 is 1.61. The molecule has 8 nitrogen and oxygen atoms in total. The van der Waals surface area contributed by atoms with E-state index in [1.165, 1.54) is 4.90 Å². The van der Waals surface area contributed by atoms with E-state index in [1.807, 2.05) is 30.5 Å². The zero-order chi connectivity index (χ0) is 19.1. The molecule has 26 heavy (non-hydrogen) atoms. The summed E-state index contributed by atoms with van der Waals surface area (Å²) in [6.45, 7) is -0.586. The lowest BCUT2D eigenvalue weighted by Crippen LogP contribution is -2.38. The van der Waals surface area contributed by atoms with Gasteiger partial charge in [0.15, 0.2) is 6.61 Å². The van der Waals surface area contributed by atoms with E-state index < -0.39 is 18.5 Å². The van der Waals surface area contributed by atoms with Gasteiger partial charge in [0, 0.05) is 14.1 Å². The Hall–Kier alpha value is -2.55. The van der Waals surface area contributed by atoms with Gasteiger partial charge in [0.05, 0.1) is 23.3 Å². The average molecular weight is 378 g/mol. The van der Waals surface area contributed by atoms with Crippen molar-refractivity contribution in [1.29, 1.82) is 0 Å². The average Bonchev–Trinajstić information content (AvgIpc) is 2.95. The molecule has 0 aliphatic rings. The number of nitrogens with one attached hydrogen (secondary N) is 1. The van der Waals surface area contributed by atoms with Gasteiger partial charge in [-0.25, -0.2) is 4.98 Å². The molecule has 2 aromatic rings. The Labute approximate surface area is 155 Å². The van der Waals surface area contributed by atoms with Crippen LogP contribution in [0.3, 0.4) is 0 Å². The highest BCUT2D eigenvalue weighted by Gasteiger charge is 2.15. The monoisotopic (exact) mass is 378 g/mol. The predicted octanol–water partition coefficient (Wildman–Crippen LogP) is 0.647. The second-order valence-corrected chi connectivity index (χ2v) is 6.63. The first-order valence-corrected chi connectivity index (χ1v) is 9.37. The minimum atomic E-state index is -0.537. The van der Waals surface area contributed by atoms with Gasteiger partial charge in [-0.05, 0) is 18.4 Å². The molecule has 0 unspecified atom stereocenters. The van der Waals surface area contributed by atoms with Gasteiger partial charge >= 0.3 is 5.97 Å². The van der Waals surface area contributed by atoms with Crippen LogP contribution in [0.25, 0.3) is 11.0 Å². The number of rotatable bonds is 8. The summed E-state index contributed by atoms with van der Waals surface area (Å²) in [5, 5.41) is 2.41. The van der Waals surface area contributed by atoms with E-state index in [1.54, 1.807) is 30.4 Å². The van der Waals surface area contributed by atoms with Crippen molar-refractivity contribution in [3.05, 3.63) is 30.1 Å². The van der Waals surface area contributed by atoms with Crippen molar-refractivity contribution in [3.8, 4) is 0 Å². The maximum Gasteiger partial charge on any atom is 0.326 e. The largest absolute Gasteiger partial charge is 0.454 e. The fourth-order valence-corrected chi connectivity index (χ4v) is 2.72. The molecule has 0 saturated heterocycles. The first-order valence-electron chi connectivity index (χ1n) is 7.98. The summed E-state index contributed by atoms with van der Waals surface area (Å²) < 4.78 is 6.81. The van der Waals surface area contributed by atoms with Gasteiger partial charge in [0.25, 0.3) is 5.91 Å². The molecule has 0 aliphatic heterocycles. The molecule has 1 aromatic carbocycles. The van der Waals surface area contributed by atoms with Crippen LogP contribution in [0.4, 0.5) is 0 Å². The van der Waals surface area contributed by atoms with Gasteiger partial charge in [-0.1, -0.05) is 12.1 Å². The van der Waals surface area contributed by atoms with E-state index in [4.69, 9.17) is 4.74 Å². The van der Waals surface area contributed by atoms with Crippen LogP contribution in [0.2, 0.25) is 0 Å². The van der Waals surface area contributed by atoms with Crippen LogP contribution in [0.15, 0.2) is 24.3 Å². The zero-order valence-electron chi connectivity index (χ0n) is 15.0. The summed E-state index contributed by atoms with van der Waals surface area (Å²) in [5.74, 6) is 0.140.